The lowest BCUT2D eigenvalue weighted by Gasteiger charge is -2.20. The lowest BCUT2D eigenvalue weighted by atomic mass is 10.0. The summed E-state index contributed by atoms with van der Waals surface area (Å²) in [5.41, 5.74) is 5.61. The van der Waals surface area contributed by atoms with Crippen molar-refractivity contribution >= 4 is 39.8 Å². The molecule has 0 fully saturated rings. The molecule has 148 valence electrons. The second-order valence-corrected chi connectivity index (χ2v) is 8.71. The number of nitrogens with one attached hydrogen (secondary N) is 1. The van der Waals surface area contributed by atoms with Crippen molar-refractivity contribution in [1.82, 2.24) is 9.58 Å². The third kappa shape index (κ3) is 3.35. The van der Waals surface area contributed by atoms with Crippen molar-refractivity contribution in [3.05, 3.63) is 58.4 Å². The fourth-order valence-electron chi connectivity index (χ4n) is 3.58. The molecule has 4 rings (SSSR count). The smallest absolute Gasteiger partial charge is 0.283 e. The van der Waals surface area contributed by atoms with Gasteiger partial charge in [0.25, 0.3) is 5.91 Å². The topological polar surface area (TPSA) is 73.8 Å². The zero-order chi connectivity index (χ0) is 20.9. The van der Waals surface area contributed by atoms with E-state index in [9.17, 15) is 4.79 Å². The molecule has 0 saturated carbocycles. The average Bonchev–Trinajstić information content (AvgIpc) is 3.17. The predicted molar refractivity (Wildman–Crippen MR) is 120 cm³/mol. The van der Waals surface area contributed by atoms with Crippen LogP contribution in [0.4, 0.5) is 0 Å². The molecule has 0 aliphatic carbocycles. The number of aliphatic imine (C=N–C) groups is 1. The summed E-state index contributed by atoms with van der Waals surface area (Å²) in [4.78, 5) is 16.6. The Morgan fingerprint density at radius 1 is 1.14 bits per heavy atom. The predicted octanol–water partition coefficient (Wildman–Crippen LogP) is 4.86. The van der Waals surface area contributed by atoms with Crippen LogP contribution in [0.15, 0.2) is 46.0 Å². The fraction of sp³-hybridized carbons (Fsp3) is 0.273. The van der Waals surface area contributed by atoms with Crippen LogP contribution in [-0.4, -0.2) is 31.5 Å². The maximum absolute atomic E-state index is 12.5. The van der Waals surface area contributed by atoms with Gasteiger partial charge in [0.1, 0.15) is 0 Å². The number of nitrogens with zero attached hydrogens (tertiary/aromatic N) is 4. The van der Waals surface area contributed by atoms with Crippen molar-refractivity contribution in [1.29, 1.82) is 5.41 Å². The number of fused-ring (bicyclic) bond motifs is 1. The van der Waals surface area contributed by atoms with Crippen LogP contribution in [0.5, 0.6) is 0 Å². The van der Waals surface area contributed by atoms with E-state index < -0.39 is 5.91 Å². The quantitative estimate of drug-likeness (QED) is 0.741. The molecule has 2 aromatic rings. The molecule has 0 spiro atoms. The number of aryl methyl sites for hydroxylation is 1. The number of hydrogen-bond donors (Lipinski definition) is 1. The van der Waals surface area contributed by atoms with E-state index in [-0.39, 0.29) is 11.4 Å². The Hall–Kier alpha value is -2.93. The molecule has 6 nitrogen and oxygen atoms in total. The Morgan fingerprint density at radius 2 is 1.83 bits per heavy atom. The van der Waals surface area contributed by atoms with E-state index >= 15 is 0 Å². The van der Waals surface area contributed by atoms with E-state index in [0.29, 0.717) is 11.1 Å². The zero-order valence-corrected chi connectivity index (χ0v) is 18.0. The lowest BCUT2D eigenvalue weighted by Crippen LogP contribution is -2.35. The number of carbonyl (C=O) groups is 1. The van der Waals surface area contributed by atoms with Crippen LogP contribution in [0, 0.1) is 19.3 Å². The summed E-state index contributed by atoms with van der Waals surface area (Å²) in [6.07, 6.45) is 1.75. The number of aromatic nitrogens is 1. The van der Waals surface area contributed by atoms with Crippen molar-refractivity contribution < 1.29 is 4.79 Å². The van der Waals surface area contributed by atoms with E-state index in [4.69, 9.17) is 5.41 Å². The molecule has 1 N–H and O–H groups in total. The number of carbonyl (C=O) groups excluding carboxylic acids is 1. The van der Waals surface area contributed by atoms with Gasteiger partial charge in [-0.05, 0) is 73.9 Å². The summed E-state index contributed by atoms with van der Waals surface area (Å²) in [5.74, 6) is 0.153. The van der Waals surface area contributed by atoms with Gasteiger partial charge in [-0.1, -0.05) is 26.0 Å². The van der Waals surface area contributed by atoms with Gasteiger partial charge in [0.15, 0.2) is 5.84 Å². The van der Waals surface area contributed by atoms with Crippen LogP contribution in [0.1, 0.15) is 49.2 Å². The number of amidine groups is 2. The van der Waals surface area contributed by atoms with Crippen molar-refractivity contribution in [2.45, 2.75) is 40.5 Å². The van der Waals surface area contributed by atoms with Gasteiger partial charge >= 0.3 is 0 Å². The highest BCUT2D eigenvalue weighted by Crippen LogP contribution is 2.29. The maximum atomic E-state index is 12.5. The first-order valence-corrected chi connectivity index (χ1v) is 10.3. The van der Waals surface area contributed by atoms with Gasteiger partial charge in [0, 0.05) is 17.1 Å². The summed E-state index contributed by atoms with van der Waals surface area (Å²) in [7, 11) is 0. The fourth-order valence-corrected chi connectivity index (χ4v) is 4.32. The van der Waals surface area contributed by atoms with Gasteiger partial charge < -0.3 is 4.57 Å². The second kappa shape index (κ2) is 7.15. The van der Waals surface area contributed by atoms with Gasteiger partial charge in [0.2, 0.25) is 5.17 Å². The molecule has 29 heavy (non-hydrogen) atoms. The third-order valence-electron chi connectivity index (χ3n) is 5.14. The van der Waals surface area contributed by atoms with E-state index in [1.54, 1.807) is 6.08 Å². The van der Waals surface area contributed by atoms with Crippen molar-refractivity contribution in [3.8, 4) is 5.69 Å². The monoisotopic (exact) mass is 405 g/mol. The number of rotatable bonds is 3. The normalized spacial score (nSPS) is 17.9. The molecule has 0 unspecified atom stereocenters. The summed E-state index contributed by atoms with van der Waals surface area (Å²) >= 11 is 1.31. The van der Waals surface area contributed by atoms with E-state index in [1.165, 1.54) is 22.3 Å². The molecule has 0 atom stereocenters. The molecule has 0 radical (unpaired) electrons. The van der Waals surface area contributed by atoms with Crippen molar-refractivity contribution in [2.75, 3.05) is 0 Å². The Kier molecular flexibility index (Phi) is 4.78. The van der Waals surface area contributed by atoms with Crippen molar-refractivity contribution in [2.24, 2.45) is 10.1 Å². The second-order valence-electron chi connectivity index (χ2n) is 7.55. The first-order chi connectivity index (χ1) is 13.8. The summed E-state index contributed by atoms with van der Waals surface area (Å²) < 4.78 is 2.16. The first kappa shape index (κ1) is 19.4. The van der Waals surface area contributed by atoms with Crippen LogP contribution in [0.25, 0.3) is 11.8 Å². The Labute approximate surface area is 174 Å². The van der Waals surface area contributed by atoms with Gasteiger partial charge in [-0.2, -0.15) is 15.1 Å². The van der Waals surface area contributed by atoms with Gasteiger partial charge in [-0.3, -0.25) is 10.2 Å². The van der Waals surface area contributed by atoms with E-state index in [1.807, 2.05) is 26.8 Å². The number of amides is 1. The third-order valence-corrected chi connectivity index (χ3v) is 5.97. The van der Waals surface area contributed by atoms with Gasteiger partial charge in [0.05, 0.1) is 10.6 Å². The molecule has 1 amide bonds. The number of benzene rings is 1. The molecular weight excluding hydrogens is 382 g/mol. The largest absolute Gasteiger partial charge is 0.318 e. The minimum atomic E-state index is -0.398. The molecule has 1 aromatic carbocycles. The van der Waals surface area contributed by atoms with Crippen LogP contribution >= 0.6 is 11.8 Å². The Morgan fingerprint density at radius 3 is 2.48 bits per heavy atom. The maximum Gasteiger partial charge on any atom is 0.283 e. The average molecular weight is 406 g/mol. The number of hydrazone groups is 1. The standard InChI is InChI=1S/C22H23N5OS/c1-12(2)16-6-8-18(9-7-16)26-13(3)10-17(14(26)4)11-19-20(23)27-22(24-21(19)28)29-15(5)25-27/h6-12,23H,1-5H3. The Bertz CT molecular complexity index is 1120. The summed E-state index contributed by atoms with van der Waals surface area (Å²) in [6, 6.07) is 10.6. The molecule has 2 aliphatic heterocycles. The van der Waals surface area contributed by atoms with Gasteiger partial charge in [-0.25, -0.2) is 0 Å². The highest BCUT2D eigenvalue weighted by molar-refractivity contribution is 8.26. The van der Waals surface area contributed by atoms with Crippen LogP contribution in [-0.2, 0) is 4.79 Å². The first-order valence-electron chi connectivity index (χ1n) is 9.52. The highest BCUT2D eigenvalue weighted by atomic mass is 32.2. The molecule has 0 saturated heterocycles. The zero-order valence-electron chi connectivity index (χ0n) is 17.1. The van der Waals surface area contributed by atoms with Crippen molar-refractivity contribution in [3.63, 3.8) is 0 Å². The molecule has 1 aromatic heterocycles. The van der Waals surface area contributed by atoms with Crippen LogP contribution in [0.2, 0.25) is 0 Å². The molecule has 0 bridgehead atoms. The summed E-state index contributed by atoms with van der Waals surface area (Å²) in [5, 5.41) is 15.4. The van der Waals surface area contributed by atoms with Crippen LogP contribution in [0.3, 0.4) is 0 Å². The SMILES string of the molecule is CC1=NN2C(=N)C(=Cc3cc(C)n(-c4ccc(C(C)C)cc4)c3C)C(=O)N=C2S1. The molecular formula is C22H23N5OS. The minimum Gasteiger partial charge on any atom is -0.318 e. The van der Waals surface area contributed by atoms with Gasteiger partial charge in [-0.15, -0.1) is 0 Å². The van der Waals surface area contributed by atoms with E-state index in [2.05, 4.69) is 52.8 Å². The summed E-state index contributed by atoms with van der Waals surface area (Å²) in [6.45, 7) is 10.3. The molecule has 3 heterocycles. The lowest BCUT2D eigenvalue weighted by molar-refractivity contribution is -0.114. The van der Waals surface area contributed by atoms with Crippen LogP contribution < -0.4 is 0 Å². The molecule has 7 heteroatoms. The van der Waals surface area contributed by atoms with E-state index in [0.717, 1.165) is 27.7 Å². The highest BCUT2D eigenvalue weighted by Gasteiger charge is 2.34. The number of thioether (sulfide) groups is 1. The molecule has 2 aliphatic rings. The Balaban J connectivity index is 1.73. The number of hydrogen-bond acceptors (Lipinski definition) is 4. The minimum absolute atomic E-state index is 0.0652.